The molecule has 0 saturated heterocycles. The van der Waals surface area contributed by atoms with Gasteiger partial charge in [0.1, 0.15) is 11.5 Å². The van der Waals surface area contributed by atoms with Crippen LogP contribution in [0.25, 0.3) is 0 Å². The molecular formula is C20H27NO2S. The second-order valence-corrected chi connectivity index (χ2v) is 7.62. The predicted molar refractivity (Wildman–Crippen MR) is 101 cm³/mol. The van der Waals surface area contributed by atoms with E-state index in [0.717, 1.165) is 37.4 Å². The van der Waals surface area contributed by atoms with E-state index in [4.69, 9.17) is 9.47 Å². The summed E-state index contributed by atoms with van der Waals surface area (Å²) in [5, 5.41) is 2.16. The molecule has 1 aromatic carbocycles. The van der Waals surface area contributed by atoms with Gasteiger partial charge in [-0.2, -0.15) is 0 Å². The van der Waals surface area contributed by atoms with Gasteiger partial charge in [-0.1, -0.05) is 6.07 Å². The zero-order valence-electron chi connectivity index (χ0n) is 14.9. The molecule has 1 unspecified atom stereocenters. The van der Waals surface area contributed by atoms with Crippen molar-refractivity contribution in [2.24, 2.45) is 0 Å². The molecule has 3 nitrogen and oxygen atoms in total. The molecule has 0 aliphatic heterocycles. The highest BCUT2D eigenvalue weighted by Crippen LogP contribution is 2.40. The zero-order valence-corrected chi connectivity index (χ0v) is 15.7. The molecule has 1 heterocycles. The summed E-state index contributed by atoms with van der Waals surface area (Å²) in [5.74, 6) is 2.43. The van der Waals surface area contributed by atoms with Crippen LogP contribution in [0.3, 0.4) is 0 Å². The highest BCUT2D eigenvalue weighted by Gasteiger charge is 2.26. The van der Waals surface area contributed by atoms with Crippen LogP contribution in [0.5, 0.6) is 11.5 Å². The monoisotopic (exact) mass is 345 g/mol. The SMILES string of the molecule is COc1cc2c(c(OC)c1)C(CN(C)CCc1cccs1)CCC2. The van der Waals surface area contributed by atoms with E-state index in [9.17, 15) is 0 Å². The molecule has 3 rings (SSSR count). The molecule has 1 aliphatic carbocycles. The Labute approximate surface area is 149 Å². The number of thiophene rings is 1. The van der Waals surface area contributed by atoms with E-state index in [1.807, 2.05) is 17.4 Å². The van der Waals surface area contributed by atoms with Crippen molar-refractivity contribution in [1.82, 2.24) is 4.90 Å². The minimum atomic E-state index is 0.544. The summed E-state index contributed by atoms with van der Waals surface area (Å²) in [6.07, 6.45) is 4.73. The quantitative estimate of drug-likeness (QED) is 0.744. The standard InChI is InChI=1S/C20H27NO2S/c1-21(10-9-18-8-5-11-24-18)14-16-7-4-6-15-12-17(22-2)13-19(23-3)20(15)16/h5,8,11-13,16H,4,6-7,9-10,14H2,1-3H3. The number of nitrogens with zero attached hydrogens (tertiary/aromatic N) is 1. The highest BCUT2D eigenvalue weighted by molar-refractivity contribution is 7.09. The first-order valence-corrected chi connectivity index (χ1v) is 9.55. The average Bonchev–Trinajstić information content (AvgIpc) is 3.12. The Morgan fingerprint density at radius 1 is 1.25 bits per heavy atom. The van der Waals surface area contributed by atoms with Crippen LogP contribution in [0.2, 0.25) is 0 Å². The molecule has 1 aromatic heterocycles. The molecule has 2 aromatic rings. The molecule has 0 fully saturated rings. The molecule has 0 saturated carbocycles. The second-order valence-electron chi connectivity index (χ2n) is 6.58. The van der Waals surface area contributed by atoms with Crippen molar-refractivity contribution in [3.8, 4) is 11.5 Å². The van der Waals surface area contributed by atoms with Gasteiger partial charge in [0.15, 0.2) is 0 Å². The molecular weight excluding hydrogens is 318 g/mol. The molecule has 0 amide bonds. The third kappa shape index (κ3) is 3.93. The number of likely N-dealkylation sites (N-methyl/N-ethyl adjacent to an activating group) is 1. The van der Waals surface area contributed by atoms with Gasteiger partial charge in [-0.15, -0.1) is 11.3 Å². The lowest BCUT2D eigenvalue weighted by Crippen LogP contribution is -2.28. The van der Waals surface area contributed by atoms with Crippen molar-refractivity contribution < 1.29 is 9.47 Å². The van der Waals surface area contributed by atoms with Crippen molar-refractivity contribution in [3.05, 3.63) is 45.6 Å². The fourth-order valence-corrected chi connectivity index (χ4v) is 4.40. The van der Waals surface area contributed by atoms with Crippen LogP contribution in [0.15, 0.2) is 29.6 Å². The number of benzene rings is 1. The first-order chi connectivity index (χ1) is 11.7. The smallest absolute Gasteiger partial charge is 0.126 e. The van der Waals surface area contributed by atoms with Crippen LogP contribution in [0, 0.1) is 0 Å². The van der Waals surface area contributed by atoms with Crippen LogP contribution in [0.1, 0.15) is 34.8 Å². The van der Waals surface area contributed by atoms with E-state index in [0.29, 0.717) is 5.92 Å². The Balaban J connectivity index is 1.71. The van der Waals surface area contributed by atoms with Crippen molar-refractivity contribution in [2.75, 3.05) is 34.4 Å². The molecule has 24 heavy (non-hydrogen) atoms. The molecule has 0 N–H and O–H groups in total. The third-order valence-electron chi connectivity index (χ3n) is 4.92. The second kappa shape index (κ2) is 8.04. The summed E-state index contributed by atoms with van der Waals surface area (Å²) < 4.78 is 11.1. The minimum Gasteiger partial charge on any atom is -0.497 e. The van der Waals surface area contributed by atoms with Crippen molar-refractivity contribution in [2.45, 2.75) is 31.6 Å². The average molecular weight is 346 g/mol. The van der Waals surface area contributed by atoms with Crippen LogP contribution in [0.4, 0.5) is 0 Å². The molecule has 1 aliphatic rings. The first kappa shape index (κ1) is 17.3. The summed E-state index contributed by atoms with van der Waals surface area (Å²) >= 11 is 1.85. The maximum atomic E-state index is 5.69. The minimum absolute atomic E-state index is 0.544. The maximum absolute atomic E-state index is 5.69. The predicted octanol–water partition coefficient (Wildman–Crippen LogP) is 4.36. The largest absolute Gasteiger partial charge is 0.497 e. The molecule has 0 radical (unpaired) electrons. The van der Waals surface area contributed by atoms with Crippen LogP contribution in [-0.4, -0.2) is 39.3 Å². The topological polar surface area (TPSA) is 21.7 Å². The Bertz CT molecular complexity index is 637. The van der Waals surface area contributed by atoms with Gasteiger partial charge in [0, 0.05) is 35.5 Å². The van der Waals surface area contributed by atoms with Crippen LogP contribution in [-0.2, 0) is 12.8 Å². The van der Waals surface area contributed by atoms with Gasteiger partial charge in [0.05, 0.1) is 14.2 Å². The van der Waals surface area contributed by atoms with Gasteiger partial charge in [-0.05, 0) is 55.8 Å². The lowest BCUT2D eigenvalue weighted by molar-refractivity contribution is 0.295. The molecule has 1 atom stereocenters. The van der Waals surface area contributed by atoms with Gasteiger partial charge in [0.2, 0.25) is 0 Å². The van der Waals surface area contributed by atoms with Gasteiger partial charge >= 0.3 is 0 Å². The number of ether oxygens (including phenoxy) is 2. The van der Waals surface area contributed by atoms with Gasteiger partial charge in [-0.3, -0.25) is 0 Å². The fourth-order valence-electron chi connectivity index (χ4n) is 3.70. The number of hydrogen-bond donors (Lipinski definition) is 0. The number of fused-ring (bicyclic) bond motifs is 1. The summed E-state index contributed by atoms with van der Waals surface area (Å²) in [7, 11) is 5.72. The van der Waals surface area contributed by atoms with Crippen LogP contribution < -0.4 is 9.47 Å². The number of hydrogen-bond acceptors (Lipinski definition) is 4. The molecule has 4 heteroatoms. The van der Waals surface area contributed by atoms with E-state index >= 15 is 0 Å². The van der Waals surface area contributed by atoms with E-state index in [-0.39, 0.29) is 0 Å². The highest BCUT2D eigenvalue weighted by atomic mass is 32.1. The van der Waals surface area contributed by atoms with Gasteiger partial charge < -0.3 is 14.4 Å². The Hall–Kier alpha value is -1.52. The summed E-state index contributed by atoms with van der Waals surface area (Å²) in [6, 6.07) is 8.58. The molecule has 0 bridgehead atoms. The summed E-state index contributed by atoms with van der Waals surface area (Å²) in [4.78, 5) is 3.93. The van der Waals surface area contributed by atoms with Crippen LogP contribution >= 0.6 is 11.3 Å². The number of methoxy groups -OCH3 is 2. The summed E-state index contributed by atoms with van der Waals surface area (Å²) in [6.45, 7) is 2.19. The normalized spacial score (nSPS) is 16.9. The zero-order chi connectivity index (χ0) is 16.9. The van der Waals surface area contributed by atoms with Crippen molar-refractivity contribution in [1.29, 1.82) is 0 Å². The van der Waals surface area contributed by atoms with Gasteiger partial charge in [-0.25, -0.2) is 0 Å². The van der Waals surface area contributed by atoms with E-state index in [1.165, 1.54) is 28.8 Å². The van der Waals surface area contributed by atoms with Crippen molar-refractivity contribution in [3.63, 3.8) is 0 Å². The lowest BCUT2D eigenvalue weighted by atomic mass is 9.81. The first-order valence-electron chi connectivity index (χ1n) is 8.67. The van der Waals surface area contributed by atoms with Crippen molar-refractivity contribution >= 4 is 11.3 Å². The van der Waals surface area contributed by atoms with Gasteiger partial charge in [0.25, 0.3) is 0 Å². The number of rotatable bonds is 7. The Morgan fingerprint density at radius 3 is 2.83 bits per heavy atom. The lowest BCUT2D eigenvalue weighted by Gasteiger charge is -2.31. The maximum Gasteiger partial charge on any atom is 0.126 e. The number of aryl methyl sites for hydroxylation is 1. The van der Waals surface area contributed by atoms with E-state index in [1.54, 1.807) is 14.2 Å². The summed E-state index contributed by atoms with van der Waals surface area (Å²) in [5.41, 5.74) is 2.79. The third-order valence-corrected chi connectivity index (χ3v) is 5.85. The van der Waals surface area contributed by atoms with E-state index in [2.05, 4.69) is 35.5 Å². The molecule has 0 spiro atoms. The fraction of sp³-hybridized carbons (Fsp3) is 0.500. The Morgan fingerprint density at radius 2 is 2.12 bits per heavy atom. The van der Waals surface area contributed by atoms with E-state index < -0.39 is 0 Å². The Kier molecular flexibility index (Phi) is 5.80. The molecule has 130 valence electrons.